The Kier molecular flexibility index (Phi) is 7.07. The molecule has 0 radical (unpaired) electrons. The third-order valence-corrected chi connectivity index (χ3v) is 7.25. The van der Waals surface area contributed by atoms with Gasteiger partial charge in [-0.2, -0.15) is 4.31 Å². The predicted molar refractivity (Wildman–Crippen MR) is 114 cm³/mol. The molecule has 0 aromatic heterocycles. The third kappa shape index (κ3) is 5.29. The first kappa shape index (κ1) is 22.9. The second-order valence-corrected chi connectivity index (χ2v) is 9.39. The molecule has 1 heterocycles. The number of nitrogens with one attached hydrogen (secondary N) is 1. The summed E-state index contributed by atoms with van der Waals surface area (Å²) in [5.41, 5.74) is 0.0908. The van der Waals surface area contributed by atoms with Crippen molar-refractivity contribution in [3.05, 3.63) is 59.9 Å². The smallest absolute Gasteiger partial charge is 0.338 e. The number of piperidine rings is 1. The number of halogens is 1. The van der Waals surface area contributed by atoms with E-state index in [4.69, 9.17) is 4.74 Å². The van der Waals surface area contributed by atoms with Crippen molar-refractivity contribution in [2.75, 3.05) is 11.9 Å². The minimum absolute atomic E-state index is 0.0168. The van der Waals surface area contributed by atoms with Gasteiger partial charge < -0.3 is 10.1 Å². The molecule has 1 amide bonds. The summed E-state index contributed by atoms with van der Waals surface area (Å²) in [7, 11) is -3.65. The van der Waals surface area contributed by atoms with Crippen molar-refractivity contribution in [1.82, 2.24) is 4.31 Å². The molecule has 0 spiro atoms. The van der Waals surface area contributed by atoms with Crippen molar-refractivity contribution in [2.24, 2.45) is 0 Å². The molecule has 1 aliphatic heterocycles. The zero-order valence-electron chi connectivity index (χ0n) is 17.4. The molecular weight excluding hydrogens is 423 g/mol. The van der Waals surface area contributed by atoms with Crippen molar-refractivity contribution >= 4 is 27.6 Å². The fraction of sp³-hybridized carbons (Fsp3) is 0.364. The molecule has 1 N–H and O–H groups in total. The molecule has 2 unspecified atom stereocenters. The number of ether oxygens (including phenoxy) is 1. The lowest BCUT2D eigenvalue weighted by Crippen LogP contribution is -2.41. The van der Waals surface area contributed by atoms with Gasteiger partial charge in [0.1, 0.15) is 5.82 Å². The van der Waals surface area contributed by atoms with Gasteiger partial charge in [-0.05, 0) is 63.1 Å². The SMILES string of the molecule is CC(OC(=O)c1ccc(S(=O)(=O)N2CCCCC2C)cc1)C(=O)Nc1ccccc1F. The van der Waals surface area contributed by atoms with Gasteiger partial charge in [-0.25, -0.2) is 17.6 Å². The Hall–Kier alpha value is -2.78. The van der Waals surface area contributed by atoms with Gasteiger partial charge in [0, 0.05) is 12.6 Å². The van der Waals surface area contributed by atoms with Crippen LogP contribution in [0.2, 0.25) is 0 Å². The van der Waals surface area contributed by atoms with Crippen LogP contribution < -0.4 is 5.32 Å². The molecule has 1 aliphatic rings. The van der Waals surface area contributed by atoms with E-state index in [1.807, 2.05) is 6.92 Å². The van der Waals surface area contributed by atoms with Gasteiger partial charge in [-0.15, -0.1) is 0 Å². The maximum atomic E-state index is 13.7. The molecule has 0 aliphatic carbocycles. The number of para-hydroxylation sites is 1. The fourth-order valence-electron chi connectivity index (χ4n) is 3.41. The van der Waals surface area contributed by atoms with Crippen molar-refractivity contribution in [1.29, 1.82) is 0 Å². The first-order valence-corrected chi connectivity index (χ1v) is 11.5. The molecule has 2 atom stereocenters. The number of rotatable bonds is 6. The predicted octanol–water partition coefficient (Wildman–Crippen LogP) is 3.57. The highest BCUT2D eigenvalue weighted by atomic mass is 32.2. The largest absolute Gasteiger partial charge is 0.449 e. The van der Waals surface area contributed by atoms with Crippen LogP contribution in [-0.2, 0) is 19.6 Å². The van der Waals surface area contributed by atoms with Gasteiger partial charge in [-0.1, -0.05) is 18.6 Å². The summed E-state index contributed by atoms with van der Waals surface area (Å²) < 4.78 is 46.0. The van der Waals surface area contributed by atoms with E-state index in [0.29, 0.717) is 6.54 Å². The van der Waals surface area contributed by atoms with Crippen LogP contribution in [0.25, 0.3) is 0 Å². The summed E-state index contributed by atoms with van der Waals surface area (Å²) >= 11 is 0. The summed E-state index contributed by atoms with van der Waals surface area (Å²) in [4.78, 5) is 24.6. The van der Waals surface area contributed by atoms with Crippen LogP contribution >= 0.6 is 0 Å². The number of anilines is 1. The van der Waals surface area contributed by atoms with Crippen molar-refractivity contribution in [3.63, 3.8) is 0 Å². The highest BCUT2D eigenvalue weighted by Gasteiger charge is 2.31. The van der Waals surface area contributed by atoms with E-state index in [9.17, 15) is 22.4 Å². The number of carbonyl (C=O) groups is 2. The lowest BCUT2D eigenvalue weighted by atomic mass is 10.1. The first-order valence-electron chi connectivity index (χ1n) is 10.1. The maximum absolute atomic E-state index is 13.7. The number of benzene rings is 2. The molecule has 166 valence electrons. The molecule has 0 bridgehead atoms. The van der Waals surface area contributed by atoms with Gasteiger partial charge in [0.25, 0.3) is 5.91 Å². The van der Waals surface area contributed by atoms with E-state index in [1.165, 1.54) is 53.7 Å². The number of nitrogens with zero attached hydrogens (tertiary/aromatic N) is 1. The minimum Gasteiger partial charge on any atom is -0.449 e. The highest BCUT2D eigenvalue weighted by molar-refractivity contribution is 7.89. The average molecular weight is 449 g/mol. The molecule has 7 nitrogen and oxygen atoms in total. The second kappa shape index (κ2) is 9.57. The minimum atomic E-state index is -3.65. The molecule has 9 heteroatoms. The first-order chi connectivity index (χ1) is 14.7. The van der Waals surface area contributed by atoms with Crippen molar-refractivity contribution in [2.45, 2.75) is 50.2 Å². The summed E-state index contributed by atoms with van der Waals surface area (Å²) in [5, 5.41) is 2.36. The lowest BCUT2D eigenvalue weighted by molar-refractivity contribution is -0.123. The normalized spacial score (nSPS) is 18.2. The van der Waals surface area contributed by atoms with Crippen LogP contribution in [0.3, 0.4) is 0 Å². The standard InChI is InChI=1S/C22H25FN2O5S/c1-15-7-5-6-14-25(15)31(28,29)18-12-10-17(11-13-18)22(27)30-16(2)21(26)24-20-9-4-3-8-19(20)23/h3-4,8-13,15-16H,5-7,14H2,1-2H3,(H,24,26). The number of hydrogen-bond acceptors (Lipinski definition) is 5. The molecule has 1 fully saturated rings. The Morgan fingerprint density at radius 3 is 2.45 bits per heavy atom. The Bertz CT molecular complexity index is 1060. The molecular formula is C22H25FN2O5S. The van der Waals surface area contributed by atoms with Crippen LogP contribution in [-0.4, -0.2) is 43.3 Å². The van der Waals surface area contributed by atoms with E-state index >= 15 is 0 Å². The van der Waals surface area contributed by atoms with Crippen LogP contribution in [0, 0.1) is 5.82 Å². The van der Waals surface area contributed by atoms with E-state index in [-0.39, 0.29) is 22.2 Å². The fourth-order valence-corrected chi connectivity index (χ4v) is 5.11. The maximum Gasteiger partial charge on any atom is 0.338 e. The van der Waals surface area contributed by atoms with E-state index in [1.54, 1.807) is 6.07 Å². The quantitative estimate of drug-likeness (QED) is 0.682. The number of hydrogen-bond donors (Lipinski definition) is 1. The highest BCUT2D eigenvalue weighted by Crippen LogP contribution is 2.25. The summed E-state index contributed by atoms with van der Waals surface area (Å²) in [5.74, 6) is -2.07. The van der Waals surface area contributed by atoms with Gasteiger partial charge in [-0.3, -0.25) is 4.79 Å². The van der Waals surface area contributed by atoms with Gasteiger partial charge in [0.15, 0.2) is 6.10 Å². The van der Waals surface area contributed by atoms with Gasteiger partial charge in [0.05, 0.1) is 16.1 Å². The Morgan fingerprint density at radius 1 is 1.13 bits per heavy atom. The lowest BCUT2D eigenvalue weighted by Gasteiger charge is -2.32. The number of carbonyl (C=O) groups excluding carboxylic acids is 2. The van der Waals surface area contributed by atoms with Crippen LogP contribution in [0.4, 0.5) is 10.1 Å². The third-order valence-electron chi connectivity index (χ3n) is 5.22. The number of sulfonamides is 1. The summed E-state index contributed by atoms with van der Waals surface area (Å²) in [6.45, 7) is 3.72. The molecule has 2 aromatic carbocycles. The van der Waals surface area contributed by atoms with E-state index in [0.717, 1.165) is 19.3 Å². The van der Waals surface area contributed by atoms with Crippen LogP contribution in [0.15, 0.2) is 53.4 Å². The summed E-state index contributed by atoms with van der Waals surface area (Å²) in [6.07, 6.45) is 1.46. The molecule has 1 saturated heterocycles. The Morgan fingerprint density at radius 2 is 1.81 bits per heavy atom. The van der Waals surface area contributed by atoms with Gasteiger partial charge >= 0.3 is 5.97 Å². The van der Waals surface area contributed by atoms with Crippen LogP contribution in [0.5, 0.6) is 0 Å². The zero-order chi connectivity index (χ0) is 22.6. The Labute approximate surface area is 181 Å². The van der Waals surface area contributed by atoms with Gasteiger partial charge in [0.2, 0.25) is 10.0 Å². The molecule has 2 aromatic rings. The number of amides is 1. The molecule has 3 rings (SSSR count). The monoisotopic (exact) mass is 448 g/mol. The average Bonchev–Trinajstić information content (AvgIpc) is 2.75. The molecule has 0 saturated carbocycles. The van der Waals surface area contributed by atoms with E-state index < -0.39 is 33.8 Å². The number of esters is 1. The summed E-state index contributed by atoms with van der Waals surface area (Å²) in [6, 6.07) is 11.0. The second-order valence-electron chi connectivity index (χ2n) is 7.50. The zero-order valence-corrected chi connectivity index (χ0v) is 18.2. The van der Waals surface area contributed by atoms with Crippen molar-refractivity contribution < 1.29 is 27.1 Å². The van der Waals surface area contributed by atoms with Crippen molar-refractivity contribution in [3.8, 4) is 0 Å². The topological polar surface area (TPSA) is 92.8 Å². The van der Waals surface area contributed by atoms with E-state index in [2.05, 4.69) is 5.32 Å². The molecule has 31 heavy (non-hydrogen) atoms. The van der Waals surface area contributed by atoms with Crippen LogP contribution in [0.1, 0.15) is 43.5 Å². The Balaban J connectivity index is 1.64.